The van der Waals surface area contributed by atoms with Crippen molar-refractivity contribution in [1.29, 1.82) is 0 Å². The second-order valence-corrected chi connectivity index (χ2v) is 6.96. The number of fused-ring (bicyclic) bond motifs is 1. The lowest BCUT2D eigenvalue weighted by Gasteiger charge is -2.29. The lowest BCUT2D eigenvalue weighted by Crippen LogP contribution is -2.50. The maximum Gasteiger partial charge on any atom is 0.315 e. The molecule has 28 heavy (non-hydrogen) atoms. The van der Waals surface area contributed by atoms with Gasteiger partial charge in [-0.15, -0.1) is 0 Å². The minimum Gasteiger partial charge on any atom is -0.491 e. The Balaban J connectivity index is 1.45. The molecule has 3 N–H and O–H groups in total. The average molecular weight is 394 g/mol. The van der Waals surface area contributed by atoms with Crippen LogP contribution in [0.1, 0.15) is 36.8 Å². The van der Waals surface area contributed by atoms with Crippen molar-refractivity contribution in [1.82, 2.24) is 20.8 Å². The summed E-state index contributed by atoms with van der Waals surface area (Å²) in [5.41, 5.74) is 1.28. The number of aliphatic hydroxyl groups excluding tert-OH is 1. The standard InChI is InChI=1S/C18H20F2N4O4/c19-15(20)18-23-16(24-28-18)10-1-2-11-13(8-27-14(11)6-10)22-17(26)12-5-9(7-25)3-4-21-12/h1-2,6,9,12-13,15,21,25H,3-5,7-8H2,(H,22,26)/t9?,12?,13-/m1/s1. The van der Waals surface area contributed by atoms with E-state index in [0.29, 0.717) is 24.3 Å². The Morgan fingerprint density at radius 1 is 1.43 bits per heavy atom. The van der Waals surface area contributed by atoms with Crippen LogP contribution in [0.25, 0.3) is 11.4 Å². The number of halogens is 2. The van der Waals surface area contributed by atoms with Crippen molar-refractivity contribution in [2.24, 2.45) is 5.92 Å². The van der Waals surface area contributed by atoms with Crippen molar-refractivity contribution in [3.8, 4) is 17.1 Å². The highest BCUT2D eigenvalue weighted by molar-refractivity contribution is 5.82. The lowest BCUT2D eigenvalue weighted by molar-refractivity contribution is -0.125. The van der Waals surface area contributed by atoms with Crippen LogP contribution >= 0.6 is 0 Å². The second-order valence-electron chi connectivity index (χ2n) is 6.96. The predicted octanol–water partition coefficient (Wildman–Crippen LogP) is 1.58. The molecule has 10 heteroatoms. The summed E-state index contributed by atoms with van der Waals surface area (Å²) in [6.45, 7) is 1.04. The molecule has 2 unspecified atom stereocenters. The Kier molecular flexibility index (Phi) is 5.23. The fourth-order valence-corrected chi connectivity index (χ4v) is 3.54. The number of carbonyl (C=O) groups excluding carboxylic acids is 1. The van der Waals surface area contributed by atoms with Gasteiger partial charge in [0.05, 0.1) is 12.1 Å². The van der Waals surface area contributed by atoms with E-state index in [1.54, 1.807) is 18.2 Å². The average Bonchev–Trinajstić information content (AvgIpc) is 3.35. The third-order valence-corrected chi connectivity index (χ3v) is 5.08. The van der Waals surface area contributed by atoms with Crippen molar-refractivity contribution in [2.45, 2.75) is 31.4 Å². The Morgan fingerprint density at radius 3 is 3.04 bits per heavy atom. The molecule has 2 aliphatic rings. The summed E-state index contributed by atoms with van der Waals surface area (Å²) >= 11 is 0. The number of benzene rings is 1. The normalized spacial score (nSPS) is 24.1. The number of amides is 1. The lowest BCUT2D eigenvalue weighted by atomic mass is 9.92. The number of nitrogens with zero attached hydrogens (tertiary/aromatic N) is 2. The van der Waals surface area contributed by atoms with Crippen molar-refractivity contribution >= 4 is 5.91 Å². The number of hydrogen-bond acceptors (Lipinski definition) is 7. The van der Waals surface area contributed by atoms with Crippen molar-refractivity contribution in [2.75, 3.05) is 19.8 Å². The number of rotatable bonds is 5. The summed E-state index contributed by atoms with van der Waals surface area (Å²) in [7, 11) is 0. The fraction of sp³-hybridized carbons (Fsp3) is 0.500. The molecule has 1 fully saturated rings. The van der Waals surface area contributed by atoms with Gasteiger partial charge in [0.2, 0.25) is 11.7 Å². The van der Waals surface area contributed by atoms with E-state index in [9.17, 15) is 18.7 Å². The van der Waals surface area contributed by atoms with Crippen LogP contribution in [-0.2, 0) is 4.79 Å². The van der Waals surface area contributed by atoms with Gasteiger partial charge in [-0.3, -0.25) is 4.79 Å². The van der Waals surface area contributed by atoms with Gasteiger partial charge in [-0.05, 0) is 31.4 Å². The van der Waals surface area contributed by atoms with E-state index in [2.05, 4.69) is 25.3 Å². The molecule has 1 aromatic heterocycles. The van der Waals surface area contributed by atoms with Gasteiger partial charge in [0, 0.05) is 17.7 Å². The Bertz CT molecular complexity index is 860. The minimum atomic E-state index is -2.83. The van der Waals surface area contributed by atoms with Crippen LogP contribution < -0.4 is 15.4 Å². The molecule has 4 rings (SSSR count). The van der Waals surface area contributed by atoms with Gasteiger partial charge >= 0.3 is 6.43 Å². The van der Waals surface area contributed by atoms with Gasteiger partial charge in [0.25, 0.3) is 5.89 Å². The summed E-state index contributed by atoms with van der Waals surface area (Å²) in [5.74, 6) is -0.155. The molecular weight excluding hydrogens is 374 g/mol. The third kappa shape index (κ3) is 3.69. The minimum absolute atomic E-state index is 0.0515. The number of aromatic nitrogens is 2. The Labute approximate surface area is 159 Å². The zero-order chi connectivity index (χ0) is 19.7. The maximum atomic E-state index is 12.6. The first-order valence-corrected chi connectivity index (χ1v) is 9.08. The van der Waals surface area contributed by atoms with Crippen LogP contribution in [0.3, 0.4) is 0 Å². The predicted molar refractivity (Wildman–Crippen MR) is 92.7 cm³/mol. The maximum absolute atomic E-state index is 12.6. The van der Waals surface area contributed by atoms with Crippen LogP contribution in [0.2, 0.25) is 0 Å². The highest BCUT2D eigenvalue weighted by Gasteiger charge is 2.31. The first-order valence-electron chi connectivity index (χ1n) is 9.08. The monoisotopic (exact) mass is 394 g/mol. The smallest absolute Gasteiger partial charge is 0.315 e. The molecule has 3 atom stereocenters. The summed E-state index contributed by atoms with van der Waals surface area (Å²) in [6.07, 6.45) is -1.39. The van der Waals surface area contributed by atoms with E-state index in [4.69, 9.17) is 4.74 Å². The zero-order valence-corrected chi connectivity index (χ0v) is 14.9. The molecule has 8 nitrogen and oxygen atoms in total. The van der Waals surface area contributed by atoms with Gasteiger partial charge in [0.15, 0.2) is 0 Å². The number of ether oxygens (including phenoxy) is 1. The Hall–Kier alpha value is -2.59. The number of hydrogen-bond donors (Lipinski definition) is 3. The van der Waals surface area contributed by atoms with E-state index in [-0.39, 0.29) is 42.9 Å². The molecule has 150 valence electrons. The highest BCUT2D eigenvalue weighted by atomic mass is 19.3. The summed E-state index contributed by atoms with van der Waals surface area (Å²) in [5, 5.41) is 19.0. The molecule has 1 aromatic carbocycles. The first-order chi connectivity index (χ1) is 13.5. The molecule has 2 aromatic rings. The van der Waals surface area contributed by atoms with E-state index in [1.807, 2.05) is 0 Å². The van der Waals surface area contributed by atoms with Gasteiger partial charge in [-0.2, -0.15) is 13.8 Å². The number of alkyl halides is 2. The van der Waals surface area contributed by atoms with Crippen molar-refractivity contribution < 1.29 is 27.9 Å². The van der Waals surface area contributed by atoms with E-state index >= 15 is 0 Å². The summed E-state index contributed by atoms with van der Waals surface area (Å²) in [6, 6.07) is 4.41. The molecular formula is C18H20F2N4O4. The summed E-state index contributed by atoms with van der Waals surface area (Å²) in [4.78, 5) is 16.2. The number of carbonyl (C=O) groups is 1. The highest BCUT2D eigenvalue weighted by Crippen LogP contribution is 2.35. The second kappa shape index (κ2) is 7.80. The van der Waals surface area contributed by atoms with E-state index < -0.39 is 12.3 Å². The van der Waals surface area contributed by atoms with Gasteiger partial charge in [-0.1, -0.05) is 17.3 Å². The first kappa shape index (κ1) is 18.8. The van der Waals surface area contributed by atoms with Crippen LogP contribution in [0.15, 0.2) is 22.7 Å². The van der Waals surface area contributed by atoms with Gasteiger partial charge in [-0.25, -0.2) is 0 Å². The molecule has 0 radical (unpaired) electrons. The Morgan fingerprint density at radius 2 is 2.29 bits per heavy atom. The largest absolute Gasteiger partial charge is 0.491 e. The van der Waals surface area contributed by atoms with E-state index in [0.717, 1.165) is 12.0 Å². The quantitative estimate of drug-likeness (QED) is 0.706. The van der Waals surface area contributed by atoms with Crippen LogP contribution in [0.4, 0.5) is 8.78 Å². The number of nitrogens with one attached hydrogen (secondary N) is 2. The molecule has 3 heterocycles. The number of aliphatic hydroxyl groups is 1. The van der Waals surface area contributed by atoms with Crippen LogP contribution in [-0.4, -0.2) is 47.0 Å². The van der Waals surface area contributed by atoms with Crippen LogP contribution in [0, 0.1) is 5.92 Å². The molecule has 0 bridgehead atoms. The zero-order valence-electron chi connectivity index (χ0n) is 14.9. The van der Waals surface area contributed by atoms with Crippen molar-refractivity contribution in [3.63, 3.8) is 0 Å². The van der Waals surface area contributed by atoms with Crippen molar-refractivity contribution in [3.05, 3.63) is 29.7 Å². The summed E-state index contributed by atoms with van der Waals surface area (Å²) < 4.78 is 35.4. The molecule has 0 spiro atoms. The topological polar surface area (TPSA) is 110 Å². The van der Waals surface area contributed by atoms with Crippen LogP contribution in [0.5, 0.6) is 5.75 Å². The number of piperidine rings is 1. The van der Waals surface area contributed by atoms with Gasteiger partial charge < -0.3 is 25.0 Å². The molecule has 0 saturated carbocycles. The third-order valence-electron chi connectivity index (χ3n) is 5.08. The molecule has 1 saturated heterocycles. The SMILES string of the molecule is O=C(N[C@@H]1COc2cc(-c3noc(C(F)F)n3)ccc21)C1CC(CO)CCN1. The molecule has 1 amide bonds. The molecule has 2 aliphatic heterocycles. The molecule has 0 aliphatic carbocycles. The fourth-order valence-electron chi connectivity index (χ4n) is 3.54. The van der Waals surface area contributed by atoms with E-state index in [1.165, 1.54) is 0 Å². The van der Waals surface area contributed by atoms with Gasteiger partial charge in [0.1, 0.15) is 12.4 Å².